The minimum Gasteiger partial charge on any atom is -0.482 e. The van der Waals surface area contributed by atoms with Crippen LogP contribution in [0.3, 0.4) is 0 Å². The summed E-state index contributed by atoms with van der Waals surface area (Å²) in [5.74, 6) is 7.15. The third kappa shape index (κ3) is 7.41. The Morgan fingerprint density at radius 1 is 0.857 bits per heavy atom. The van der Waals surface area contributed by atoms with Crippen LogP contribution in [-0.4, -0.2) is 18.2 Å². The van der Waals surface area contributed by atoms with Crippen LogP contribution in [0.2, 0.25) is 0 Å². The quantitative estimate of drug-likeness (QED) is 0.204. The minimum atomic E-state index is -0.827. The molecule has 0 aliphatic heterocycles. The first-order valence-electron chi connectivity index (χ1n) is 12.3. The molecule has 0 heterocycles. The van der Waals surface area contributed by atoms with Crippen molar-refractivity contribution in [3.63, 3.8) is 0 Å². The summed E-state index contributed by atoms with van der Waals surface area (Å²) < 4.78 is 11.5. The van der Waals surface area contributed by atoms with Gasteiger partial charge in [0, 0.05) is 12.0 Å². The van der Waals surface area contributed by atoms with Gasteiger partial charge in [-0.3, -0.25) is 0 Å². The zero-order valence-corrected chi connectivity index (χ0v) is 21.4. The van der Waals surface area contributed by atoms with Crippen molar-refractivity contribution >= 4 is 16.9 Å². The van der Waals surface area contributed by atoms with Crippen LogP contribution in [0.5, 0.6) is 5.75 Å². The smallest absolute Gasteiger partial charge is 0.345 e. The SMILES string of the molecule is CC(C)(C#CC1CCCCC1)OC(=O)COc1cccc([S+](c2ccccc2)c2ccccc2)c1. The van der Waals surface area contributed by atoms with E-state index in [2.05, 4.69) is 66.4 Å². The Bertz CT molecular complexity index is 1120. The van der Waals surface area contributed by atoms with E-state index in [-0.39, 0.29) is 17.5 Å². The van der Waals surface area contributed by atoms with Gasteiger partial charge in [0.05, 0.1) is 10.9 Å². The highest BCUT2D eigenvalue weighted by molar-refractivity contribution is 7.97. The summed E-state index contributed by atoms with van der Waals surface area (Å²) in [5.41, 5.74) is -0.827. The first-order chi connectivity index (χ1) is 17.0. The van der Waals surface area contributed by atoms with Gasteiger partial charge in [0.15, 0.2) is 26.9 Å². The van der Waals surface area contributed by atoms with Crippen molar-refractivity contribution in [2.75, 3.05) is 6.61 Å². The second-order valence-electron chi connectivity index (χ2n) is 9.28. The van der Waals surface area contributed by atoms with Crippen LogP contribution in [-0.2, 0) is 20.4 Å². The molecule has 0 N–H and O–H groups in total. The van der Waals surface area contributed by atoms with E-state index in [4.69, 9.17) is 9.47 Å². The third-order valence-electron chi connectivity index (χ3n) is 5.91. The van der Waals surface area contributed by atoms with Crippen LogP contribution in [0.4, 0.5) is 0 Å². The predicted octanol–water partition coefficient (Wildman–Crippen LogP) is 7.07. The average Bonchev–Trinajstić information content (AvgIpc) is 2.88. The van der Waals surface area contributed by atoms with Crippen molar-refractivity contribution in [2.45, 2.75) is 66.2 Å². The molecule has 180 valence electrons. The van der Waals surface area contributed by atoms with Gasteiger partial charge in [-0.2, -0.15) is 0 Å². The topological polar surface area (TPSA) is 35.5 Å². The number of esters is 1. The number of rotatable bonds is 7. The summed E-state index contributed by atoms with van der Waals surface area (Å²) in [7, 11) is -0.275. The minimum absolute atomic E-state index is 0.150. The summed E-state index contributed by atoms with van der Waals surface area (Å²) in [6.45, 7) is 3.53. The second kappa shape index (κ2) is 12.0. The van der Waals surface area contributed by atoms with Crippen molar-refractivity contribution in [3.8, 4) is 17.6 Å². The zero-order valence-electron chi connectivity index (χ0n) is 20.5. The van der Waals surface area contributed by atoms with Crippen LogP contribution in [0.25, 0.3) is 0 Å². The summed E-state index contributed by atoms with van der Waals surface area (Å²) in [6, 6.07) is 28.9. The molecule has 0 radical (unpaired) electrons. The molecule has 0 saturated heterocycles. The molecule has 0 unspecified atom stereocenters. The molecule has 1 fully saturated rings. The van der Waals surface area contributed by atoms with E-state index < -0.39 is 11.6 Å². The lowest BCUT2D eigenvalue weighted by Crippen LogP contribution is -2.29. The van der Waals surface area contributed by atoms with Crippen LogP contribution in [0, 0.1) is 17.8 Å². The number of hydrogen-bond donors (Lipinski definition) is 0. The largest absolute Gasteiger partial charge is 0.482 e. The molecule has 4 heteroatoms. The van der Waals surface area contributed by atoms with E-state index >= 15 is 0 Å². The third-order valence-corrected chi connectivity index (χ3v) is 8.12. The second-order valence-corrected chi connectivity index (χ2v) is 11.3. The summed E-state index contributed by atoms with van der Waals surface area (Å²) in [4.78, 5) is 16.1. The van der Waals surface area contributed by atoms with E-state index in [9.17, 15) is 4.79 Å². The molecular weight excluding hydrogens is 452 g/mol. The lowest BCUT2D eigenvalue weighted by molar-refractivity contribution is -0.154. The highest BCUT2D eigenvalue weighted by Crippen LogP contribution is 2.32. The number of carbonyl (C=O) groups excluding carboxylic acids is 1. The van der Waals surface area contributed by atoms with Gasteiger partial charge in [-0.05, 0) is 63.1 Å². The zero-order chi connectivity index (χ0) is 24.5. The highest BCUT2D eigenvalue weighted by Gasteiger charge is 2.29. The Morgan fingerprint density at radius 3 is 2.09 bits per heavy atom. The molecule has 1 saturated carbocycles. The molecule has 0 aromatic heterocycles. The van der Waals surface area contributed by atoms with Crippen molar-refractivity contribution < 1.29 is 14.3 Å². The standard InChI is InChI=1S/C31H33O3S/c1-31(2,22-21-25-13-6-3-7-14-25)34-30(32)24-33-26-15-12-20-29(23-26)35(27-16-8-4-9-17-27)28-18-10-5-11-19-28/h4-5,8-12,15-20,23,25H,3,6-7,13-14,24H2,1-2H3/q+1. The molecule has 0 atom stereocenters. The lowest BCUT2D eigenvalue weighted by atomic mass is 9.89. The van der Waals surface area contributed by atoms with Crippen LogP contribution in [0.1, 0.15) is 46.0 Å². The fourth-order valence-corrected chi connectivity index (χ4v) is 6.34. The number of ether oxygens (including phenoxy) is 2. The van der Waals surface area contributed by atoms with E-state index in [1.807, 2.05) is 44.2 Å². The Balaban J connectivity index is 1.42. The summed E-state index contributed by atoms with van der Waals surface area (Å²) in [5, 5.41) is 0. The van der Waals surface area contributed by atoms with E-state index in [1.54, 1.807) is 0 Å². The maximum Gasteiger partial charge on any atom is 0.345 e. The summed E-state index contributed by atoms with van der Waals surface area (Å²) in [6.07, 6.45) is 6.06. The van der Waals surface area contributed by atoms with Gasteiger partial charge in [-0.25, -0.2) is 4.79 Å². The maximum atomic E-state index is 12.5. The number of carbonyl (C=O) groups is 1. The van der Waals surface area contributed by atoms with Gasteiger partial charge in [0.25, 0.3) is 0 Å². The maximum absolute atomic E-state index is 12.5. The molecule has 1 aliphatic carbocycles. The molecule has 3 nitrogen and oxygen atoms in total. The summed E-state index contributed by atoms with van der Waals surface area (Å²) >= 11 is 0. The normalized spacial score (nSPS) is 14.1. The van der Waals surface area contributed by atoms with Crippen molar-refractivity contribution in [1.82, 2.24) is 0 Å². The lowest BCUT2D eigenvalue weighted by Gasteiger charge is -2.20. The van der Waals surface area contributed by atoms with Crippen molar-refractivity contribution in [2.24, 2.45) is 5.92 Å². The van der Waals surface area contributed by atoms with Crippen LogP contribution in [0.15, 0.2) is 99.6 Å². The number of hydrogen-bond acceptors (Lipinski definition) is 3. The van der Waals surface area contributed by atoms with Gasteiger partial charge in [0.2, 0.25) is 0 Å². The fourth-order valence-electron chi connectivity index (χ4n) is 4.22. The first-order valence-corrected chi connectivity index (χ1v) is 13.5. The molecule has 0 amide bonds. The monoisotopic (exact) mass is 485 g/mol. The Morgan fingerprint density at radius 2 is 1.46 bits per heavy atom. The van der Waals surface area contributed by atoms with Gasteiger partial charge in [-0.15, -0.1) is 0 Å². The number of benzene rings is 3. The Hall–Kier alpha value is -3.16. The Kier molecular flexibility index (Phi) is 8.55. The molecule has 0 spiro atoms. The molecule has 35 heavy (non-hydrogen) atoms. The molecule has 3 aromatic carbocycles. The molecular formula is C31H33O3S+. The molecule has 4 rings (SSSR count). The highest BCUT2D eigenvalue weighted by atomic mass is 32.2. The molecule has 3 aromatic rings. The van der Waals surface area contributed by atoms with Gasteiger partial charge in [0.1, 0.15) is 5.75 Å². The van der Waals surface area contributed by atoms with Gasteiger partial charge < -0.3 is 9.47 Å². The van der Waals surface area contributed by atoms with Crippen molar-refractivity contribution in [3.05, 3.63) is 84.9 Å². The van der Waals surface area contributed by atoms with E-state index in [0.29, 0.717) is 11.7 Å². The Labute approximate surface area is 212 Å². The van der Waals surface area contributed by atoms with Crippen LogP contribution >= 0.6 is 0 Å². The van der Waals surface area contributed by atoms with Gasteiger partial charge >= 0.3 is 5.97 Å². The molecule has 0 bridgehead atoms. The average molecular weight is 486 g/mol. The van der Waals surface area contributed by atoms with Crippen LogP contribution < -0.4 is 4.74 Å². The molecule has 1 aliphatic rings. The predicted molar refractivity (Wildman–Crippen MR) is 142 cm³/mol. The van der Waals surface area contributed by atoms with Gasteiger partial charge in [-0.1, -0.05) is 73.6 Å². The van der Waals surface area contributed by atoms with E-state index in [1.165, 1.54) is 29.1 Å². The van der Waals surface area contributed by atoms with Crippen molar-refractivity contribution in [1.29, 1.82) is 0 Å². The first kappa shape index (κ1) is 24.9. The van der Waals surface area contributed by atoms with E-state index in [0.717, 1.165) is 17.7 Å². The fraction of sp³-hybridized carbons (Fsp3) is 0.323.